The number of aromatic nitrogens is 1. The van der Waals surface area contributed by atoms with Gasteiger partial charge in [-0.3, -0.25) is 4.79 Å². The van der Waals surface area contributed by atoms with Gasteiger partial charge in [0.25, 0.3) is 0 Å². The number of amides is 1. The Balaban J connectivity index is 1.65. The number of nitriles is 2. The topological polar surface area (TPSA) is 105 Å². The minimum atomic E-state index is -0.0401. The maximum atomic E-state index is 11.8. The predicted molar refractivity (Wildman–Crippen MR) is 80.4 cm³/mol. The molecule has 1 aliphatic heterocycles. The highest BCUT2D eigenvalue weighted by Gasteiger charge is 2.25. The molecule has 0 bridgehead atoms. The highest BCUT2D eigenvalue weighted by molar-refractivity contribution is 5.76. The van der Waals surface area contributed by atoms with Crippen LogP contribution in [0.25, 0.3) is 0 Å². The molecule has 2 rings (SSSR count). The summed E-state index contributed by atoms with van der Waals surface area (Å²) in [4.78, 5) is 17.6. The molecule has 7 nitrogen and oxygen atoms in total. The number of likely N-dealkylation sites (tertiary alicyclic amines) is 1. The van der Waals surface area contributed by atoms with E-state index in [0.717, 1.165) is 19.4 Å². The summed E-state index contributed by atoms with van der Waals surface area (Å²) >= 11 is 0. The van der Waals surface area contributed by atoms with Crippen LogP contribution in [0.15, 0.2) is 18.3 Å². The highest BCUT2D eigenvalue weighted by Crippen LogP contribution is 2.18. The van der Waals surface area contributed by atoms with Crippen LogP contribution in [0.4, 0.5) is 5.82 Å². The van der Waals surface area contributed by atoms with Crippen LogP contribution in [0.5, 0.6) is 0 Å². The first kappa shape index (κ1) is 15.6. The van der Waals surface area contributed by atoms with Crippen molar-refractivity contribution in [2.24, 2.45) is 0 Å². The fourth-order valence-corrected chi connectivity index (χ4v) is 2.42. The van der Waals surface area contributed by atoms with Crippen molar-refractivity contribution in [2.45, 2.75) is 25.3 Å². The Morgan fingerprint density at radius 1 is 1.41 bits per heavy atom. The van der Waals surface area contributed by atoms with Gasteiger partial charge in [-0.05, 0) is 25.0 Å². The molecule has 0 aliphatic carbocycles. The van der Waals surface area contributed by atoms with Gasteiger partial charge in [0.1, 0.15) is 11.9 Å². The van der Waals surface area contributed by atoms with Gasteiger partial charge < -0.3 is 15.5 Å². The molecule has 1 atom stereocenters. The van der Waals surface area contributed by atoms with E-state index in [1.54, 1.807) is 17.0 Å². The van der Waals surface area contributed by atoms with Gasteiger partial charge in [0.15, 0.2) is 6.19 Å². The largest absolute Gasteiger partial charge is 0.368 e. The summed E-state index contributed by atoms with van der Waals surface area (Å²) in [5.41, 5.74) is 0.512. The molecule has 22 heavy (non-hydrogen) atoms. The van der Waals surface area contributed by atoms with Crippen LogP contribution in [0.2, 0.25) is 0 Å². The molecular weight excluding hydrogens is 280 g/mol. The summed E-state index contributed by atoms with van der Waals surface area (Å²) in [6.07, 6.45) is 5.86. The first-order chi connectivity index (χ1) is 10.7. The quantitative estimate of drug-likeness (QED) is 0.595. The molecule has 1 aromatic heterocycles. The van der Waals surface area contributed by atoms with E-state index in [2.05, 4.69) is 21.8 Å². The lowest BCUT2D eigenvalue weighted by molar-refractivity contribution is -0.121. The Bertz CT molecular complexity index is 586. The third-order valence-corrected chi connectivity index (χ3v) is 3.57. The molecule has 1 saturated heterocycles. The van der Waals surface area contributed by atoms with E-state index in [-0.39, 0.29) is 11.9 Å². The second-order valence-corrected chi connectivity index (χ2v) is 5.11. The lowest BCUT2D eigenvalue weighted by Gasteiger charge is -2.17. The minimum Gasteiger partial charge on any atom is -0.368 e. The summed E-state index contributed by atoms with van der Waals surface area (Å²) in [7, 11) is 0. The standard InChI is InChI=1S/C15H18N6O/c16-9-12-3-4-14(20-10-12)18-5-6-19-15(22)8-13-2-1-7-21(13)11-17/h3-4,10,13H,1-2,5-8H2,(H,18,20)(H,19,22)/t13-/m0/s1. The summed E-state index contributed by atoms with van der Waals surface area (Å²) in [6.45, 7) is 1.79. The van der Waals surface area contributed by atoms with Crippen LogP contribution >= 0.6 is 0 Å². The number of pyridine rings is 1. The number of nitrogens with zero attached hydrogens (tertiary/aromatic N) is 4. The van der Waals surface area contributed by atoms with Crippen LogP contribution < -0.4 is 10.6 Å². The number of rotatable bonds is 6. The van der Waals surface area contributed by atoms with E-state index in [4.69, 9.17) is 10.5 Å². The van der Waals surface area contributed by atoms with Crippen molar-refractivity contribution < 1.29 is 4.79 Å². The van der Waals surface area contributed by atoms with Gasteiger partial charge in [-0.15, -0.1) is 0 Å². The van der Waals surface area contributed by atoms with Gasteiger partial charge >= 0.3 is 0 Å². The average Bonchev–Trinajstić information content (AvgIpc) is 2.99. The van der Waals surface area contributed by atoms with Gasteiger partial charge in [0, 0.05) is 38.3 Å². The third kappa shape index (κ3) is 4.35. The van der Waals surface area contributed by atoms with E-state index in [0.29, 0.717) is 30.9 Å². The van der Waals surface area contributed by atoms with Gasteiger partial charge in [0.2, 0.25) is 5.91 Å². The monoisotopic (exact) mass is 298 g/mol. The Kier molecular flexibility index (Phi) is 5.56. The first-order valence-electron chi connectivity index (χ1n) is 7.26. The highest BCUT2D eigenvalue weighted by atomic mass is 16.1. The van der Waals surface area contributed by atoms with Crippen molar-refractivity contribution in [3.8, 4) is 12.3 Å². The summed E-state index contributed by atoms with van der Waals surface area (Å²) in [5.74, 6) is 0.626. The van der Waals surface area contributed by atoms with Crippen molar-refractivity contribution in [3.63, 3.8) is 0 Å². The van der Waals surface area contributed by atoms with E-state index < -0.39 is 0 Å². The number of hydrogen-bond acceptors (Lipinski definition) is 6. The Morgan fingerprint density at radius 3 is 2.95 bits per heavy atom. The van der Waals surface area contributed by atoms with E-state index in [9.17, 15) is 4.79 Å². The van der Waals surface area contributed by atoms with Crippen molar-refractivity contribution in [1.29, 1.82) is 10.5 Å². The smallest absolute Gasteiger partial charge is 0.222 e. The van der Waals surface area contributed by atoms with Gasteiger partial charge in [-0.2, -0.15) is 10.5 Å². The van der Waals surface area contributed by atoms with E-state index in [1.165, 1.54) is 6.20 Å². The molecule has 0 spiro atoms. The minimum absolute atomic E-state index is 0.0400. The Morgan fingerprint density at radius 2 is 2.27 bits per heavy atom. The van der Waals surface area contributed by atoms with E-state index >= 15 is 0 Å². The lowest BCUT2D eigenvalue weighted by Crippen LogP contribution is -2.35. The van der Waals surface area contributed by atoms with E-state index in [1.807, 2.05) is 6.07 Å². The molecule has 1 amide bonds. The van der Waals surface area contributed by atoms with Gasteiger partial charge in [-0.1, -0.05) is 0 Å². The molecule has 0 aromatic carbocycles. The number of nitrogens with one attached hydrogen (secondary N) is 2. The van der Waals surface area contributed by atoms with Crippen LogP contribution in [0.3, 0.4) is 0 Å². The maximum Gasteiger partial charge on any atom is 0.222 e. The molecule has 1 aliphatic rings. The molecule has 1 aromatic rings. The summed E-state index contributed by atoms with van der Waals surface area (Å²) < 4.78 is 0. The fourth-order valence-electron chi connectivity index (χ4n) is 2.42. The van der Waals surface area contributed by atoms with Crippen LogP contribution in [0.1, 0.15) is 24.8 Å². The number of anilines is 1. The van der Waals surface area contributed by atoms with Crippen molar-refractivity contribution >= 4 is 11.7 Å². The zero-order valence-corrected chi connectivity index (χ0v) is 12.2. The molecule has 0 radical (unpaired) electrons. The summed E-state index contributed by atoms with van der Waals surface area (Å²) in [5, 5.41) is 23.5. The zero-order valence-electron chi connectivity index (χ0n) is 12.2. The Hall–Kier alpha value is -2.80. The average molecular weight is 298 g/mol. The molecule has 1 fully saturated rings. The molecule has 0 saturated carbocycles. The lowest BCUT2D eigenvalue weighted by atomic mass is 10.1. The molecule has 0 unspecified atom stereocenters. The first-order valence-corrected chi connectivity index (χ1v) is 7.26. The number of carbonyl (C=O) groups excluding carboxylic acids is 1. The van der Waals surface area contributed by atoms with Crippen molar-refractivity contribution in [2.75, 3.05) is 25.0 Å². The second-order valence-electron chi connectivity index (χ2n) is 5.11. The molecule has 2 N–H and O–H groups in total. The maximum absolute atomic E-state index is 11.8. The van der Waals surface area contributed by atoms with Gasteiger partial charge in [-0.25, -0.2) is 4.98 Å². The molecule has 2 heterocycles. The number of carbonyl (C=O) groups is 1. The Labute approximate surface area is 129 Å². The SMILES string of the molecule is N#Cc1ccc(NCCNC(=O)C[C@@H]2CCCN2C#N)nc1. The normalized spacial score (nSPS) is 16.6. The van der Waals surface area contributed by atoms with Crippen LogP contribution in [-0.2, 0) is 4.79 Å². The summed E-state index contributed by atoms with van der Waals surface area (Å²) in [6, 6.07) is 5.46. The van der Waals surface area contributed by atoms with Crippen LogP contribution in [0, 0.1) is 22.8 Å². The van der Waals surface area contributed by atoms with Gasteiger partial charge in [0.05, 0.1) is 5.56 Å². The molecule has 114 valence electrons. The molecular formula is C15H18N6O. The van der Waals surface area contributed by atoms with Crippen molar-refractivity contribution in [1.82, 2.24) is 15.2 Å². The van der Waals surface area contributed by atoms with Crippen LogP contribution in [-0.4, -0.2) is 41.5 Å². The third-order valence-electron chi connectivity index (χ3n) is 3.57. The second kappa shape index (κ2) is 7.84. The molecule has 7 heteroatoms. The van der Waals surface area contributed by atoms with Crippen molar-refractivity contribution in [3.05, 3.63) is 23.9 Å². The zero-order chi connectivity index (χ0) is 15.8. The predicted octanol–water partition coefficient (Wildman–Crippen LogP) is 0.817. The fraction of sp³-hybridized carbons (Fsp3) is 0.467. The number of hydrogen-bond donors (Lipinski definition) is 2.